The van der Waals surface area contributed by atoms with E-state index in [9.17, 15) is 4.79 Å². The minimum atomic E-state index is 0.0329. The summed E-state index contributed by atoms with van der Waals surface area (Å²) in [6.07, 6.45) is 6.46. The molecule has 2 aliphatic heterocycles. The Labute approximate surface area is 204 Å². The second kappa shape index (κ2) is 9.59. The van der Waals surface area contributed by atoms with E-state index in [0.717, 1.165) is 35.7 Å². The standard InChI is InChI=1S/C28H31NO4S/c30-27(13-19-5-1-2-6-19)29-10-12-32-28-21(16-29)14-20(15-25(28)33-22-9-11-31-17-22)24-18-34-26-8-4-3-7-23(24)26/h3-4,7-8,14-15,18-19,22H,1-2,5-6,9-13,16-17H2. The van der Waals surface area contributed by atoms with Crippen LogP contribution < -0.4 is 9.47 Å². The molecule has 1 saturated carbocycles. The van der Waals surface area contributed by atoms with Gasteiger partial charge in [0.05, 0.1) is 19.8 Å². The fourth-order valence-corrected chi connectivity index (χ4v) is 6.49. The Bertz CT molecular complexity index is 1180. The predicted octanol–water partition coefficient (Wildman–Crippen LogP) is 6.04. The predicted molar refractivity (Wildman–Crippen MR) is 135 cm³/mol. The van der Waals surface area contributed by atoms with Gasteiger partial charge in [-0.15, -0.1) is 11.3 Å². The van der Waals surface area contributed by atoms with Gasteiger partial charge < -0.3 is 19.1 Å². The van der Waals surface area contributed by atoms with Crippen LogP contribution in [0.5, 0.6) is 11.5 Å². The Balaban J connectivity index is 1.36. The highest BCUT2D eigenvalue weighted by Gasteiger charge is 2.28. The van der Waals surface area contributed by atoms with E-state index >= 15 is 0 Å². The lowest BCUT2D eigenvalue weighted by atomic mass is 10.00. The van der Waals surface area contributed by atoms with E-state index in [2.05, 4.69) is 41.8 Å². The van der Waals surface area contributed by atoms with Gasteiger partial charge >= 0.3 is 0 Å². The van der Waals surface area contributed by atoms with Crippen LogP contribution in [-0.4, -0.2) is 43.3 Å². The Morgan fingerprint density at radius 2 is 2.00 bits per heavy atom. The third kappa shape index (κ3) is 4.41. The second-order valence-corrected chi connectivity index (χ2v) is 10.6. The summed E-state index contributed by atoms with van der Waals surface area (Å²) in [5.41, 5.74) is 3.33. The Hall–Kier alpha value is -2.57. The fourth-order valence-electron chi connectivity index (χ4n) is 5.52. The summed E-state index contributed by atoms with van der Waals surface area (Å²) in [5.74, 6) is 2.34. The molecule has 2 aromatic carbocycles. The van der Waals surface area contributed by atoms with Gasteiger partial charge in [0, 0.05) is 40.6 Å². The van der Waals surface area contributed by atoms with Crippen molar-refractivity contribution in [3.63, 3.8) is 0 Å². The maximum atomic E-state index is 13.2. The zero-order valence-electron chi connectivity index (χ0n) is 19.5. The summed E-state index contributed by atoms with van der Waals surface area (Å²) in [7, 11) is 0. The number of rotatable bonds is 5. The van der Waals surface area contributed by atoms with Gasteiger partial charge in [-0.1, -0.05) is 31.0 Å². The lowest BCUT2D eigenvalue weighted by Crippen LogP contribution is -2.33. The molecule has 3 heterocycles. The minimum Gasteiger partial charge on any atom is -0.487 e. The molecule has 1 unspecified atom stereocenters. The molecule has 0 N–H and O–H groups in total. The number of thiophene rings is 1. The molecular formula is C28H31NO4S. The molecule has 178 valence electrons. The van der Waals surface area contributed by atoms with E-state index in [1.54, 1.807) is 11.3 Å². The molecule has 1 aromatic heterocycles. The van der Waals surface area contributed by atoms with Crippen LogP contribution in [0.3, 0.4) is 0 Å². The molecule has 6 rings (SSSR count). The first-order valence-corrected chi connectivity index (χ1v) is 13.4. The molecule has 0 spiro atoms. The second-order valence-electron chi connectivity index (χ2n) is 9.73. The Morgan fingerprint density at radius 1 is 1.12 bits per heavy atom. The lowest BCUT2D eigenvalue weighted by molar-refractivity contribution is -0.132. The zero-order valence-corrected chi connectivity index (χ0v) is 20.3. The van der Waals surface area contributed by atoms with Gasteiger partial charge in [-0.3, -0.25) is 4.79 Å². The van der Waals surface area contributed by atoms with E-state index in [1.165, 1.54) is 41.3 Å². The number of hydrogen-bond acceptors (Lipinski definition) is 5. The number of nitrogens with zero attached hydrogens (tertiary/aromatic N) is 1. The van der Waals surface area contributed by atoms with Crippen LogP contribution in [0.2, 0.25) is 0 Å². The van der Waals surface area contributed by atoms with E-state index in [1.807, 2.05) is 4.90 Å². The smallest absolute Gasteiger partial charge is 0.223 e. The van der Waals surface area contributed by atoms with Crippen LogP contribution in [0.4, 0.5) is 0 Å². The third-order valence-corrected chi connectivity index (χ3v) is 8.33. The molecule has 1 atom stereocenters. The molecule has 2 fully saturated rings. The van der Waals surface area contributed by atoms with Crippen LogP contribution in [-0.2, 0) is 16.1 Å². The summed E-state index contributed by atoms with van der Waals surface area (Å²) < 4.78 is 19.5. The molecule has 6 heteroatoms. The van der Waals surface area contributed by atoms with Gasteiger partial charge in [0.2, 0.25) is 5.91 Å². The number of ether oxygens (including phenoxy) is 3. The largest absolute Gasteiger partial charge is 0.487 e. The summed E-state index contributed by atoms with van der Waals surface area (Å²) in [6.45, 7) is 3.00. The number of amides is 1. The molecular weight excluding hydrogens is 446 g/mol. The van der Waals surface area contributed by atoms with Gasteiger partial charge in [0.1, 0.15) is 12.7 Å². The van der Waals surface area contributed by atoms with Crippen molar-refractivity contribution < 1.29 is 19.0 Å². The van der Waals surface area contributed by atoms with Crippen molar-refractivity contribution >= 4 is 27.3 Å². The van der Waals surface area contributed by atoms with Crippen molar-refractivity contribution in [2.24, 2.45) is 5.92 Å². The van der Waals surface area contributed by atoms with Crippen molar-refractivity contribution in [3.8, 4) is 22.6 Å². The Morgan fingerprint density at radius 3 is 2.85 bits per heavy atom. The summed E-state index contributed by atoms with van der Waals surface area (Å²) in [6, 6.07) is 12.8. The first kappa shape index (κ1) is 21.9. The molecule has 5 nitrogen and oxygen atoms in total. The quantitative estimate of drug-likeness (QED) is 0.450. The van der Waals surface area contributed by atoms with Gasteiger partial charge in [-0.2, -0.15) is 0 Å². The molecule has 1 amide bonds. The van der Waals surface area contributed by atoms with Gasteiger partial charge in [-0.25, -0.2) is 0 Å². The van der Waals surface area contributed by atoms with E-state index in [-0.39, 0.29) is 12.0 Å². The monoisotopic (exact) mass is 477 g/mol. The topological polar surface area (TPSA) is 48.0 Å². The van der Waals surface area contributed by atoms with E-state index in [0.29, 0.717) is 38.6 Å². The average Bonchev–Trinajstić information content (AvgIpc) is 3.60. The molecule has 34 heavy (non-hydrogen) atoms. The first-order valence-electron chi connectivity index (χ1n) is 12.5. The highest BCUT2D eigenvalue weighted by Crippen LogP contribution is 2.42. The SMILES string of the molecule is O=C(CC1CCCC1)N1CCOc2c(cc(-c3csc4ccccc34)cc2OC2CCOC2)C1. The highest BCUT2D eigenvalue weighted by atomic mass is 32.1. The number of benzene rings is 2. The highest BCUT2D eigenvalue weighted by molar-refractivity contribution is 7.17. The molecule has 1 aliphatic carbocycles. The van der Waals surface area contributed by atoms with Crippen LogP contribution in [0, 0.1) is 5.92 Å². The summed E-state index contributed by atoms with van der Waals surface area (Å²) in [5, 5.41) is 3.46. The van der Waals surface area contributed by atoms with Gasteiger partial charge in [-0.05, 0) is 47.9 Å². The number of carbonyl (C=O) groups excluding carboxylic acids is 1. The molecule has 0 radical (unpaired) electrons. The third-order valence-electron chi connectivity index (χ3n) is 7.36. The van der Waals surface area contributed by atoms with Crippen molar-refractivity contribution in [1.29, 1.82) is 0 Å². The maximum Gasteiger partial charge on any atom is 0.223 e. The van der Waals surface area contributed by atoms with Crippen molar-refractivity contribution in [2.45, 2.75) is 51.2 Å². The molecule has 0 bridgehead atoms. The zero-order chi connectivity index (χ0) is 22.9. The number of carbonyl (C=O) groups is 1. The normalized spacial score (nSPS) is 20.8. The molecule has 1 saturated heterocycles. The van der Waals surface area contributed by atoms with Gasteiger partial charge in [0.25, 0.3) is 0 Å². The molecule has 3 aliphatic rings. The van der Waals surface area contributed by atoms with Gasteiger partial charge in [0.15, 0.2) is 11.5 Å². The van der Waals surface area contributed by atoms with Crippen LogP contribution >= 0.6 is 11.3 Å². The minimum absolute atomic E-state index is 0.0329. The van der Waals surface area contributed by atoms with Crippen molar-refractivity contribution in [3.05, 3.63) is 47.3 Å². The summed E-state index contributed by atoms with van der Waals surface area (Å²) >= 11 is 1.76. The lowest BCUT2D eigenvalue weighted by Gasteiger charge is -2.22. The number of fused-ring (bicyclic) bond motifs is 2. The molecule has 3 aromatic rings. The van der Waals surface area contributed by atoms with Crippen LogP contribution in [0.1, 0.15) is 44.1 Å². The average molecular weight is 478 g/mol. The van der Waals surface area contributed by atoms with E-state index in [4.69, 9.17) is 14.2 Å². The first-order chi connectivity index (χ1) is 16.7. The van der Waals surface area contributed by atoms with Crippen LogP contribution in [0.25, 0.3) is 21.2 Å². The number of hydrogen-bond donors (Lipinski definition) is 0. The van der Waals surface area contributed by atoms with Crippen molar-refractivity contribution in [2.75, 3.05) is 26.4 Å². The van der Waals surface area contributed by atoms with Crippen molar-refractivity contribution in [1.82, 2.24) is 4.90 Å². The maximum absolute atomic E-state index is 13.2. The van der Waals surface area contributed by atoms with Crippen LogP contribution in [0.15, 0.2) is 41.8 Å². The Kier molecular flexibility index (Phi) is 6.18. The fraction of sp³-hybridized carbons (Fsp3) is 0.464. The summed E-state index contributed by atoms with van der Waals surface area (Å²) in [4.78, 5) is 15.2. The van der Waals surface area contributed by atoms with E-state index < -0.39 is 0 Å².